The number of hydrogen-bond acceptors (Lipinski definition) is 3. The van der Waals surface area contributed by atoms with Gasteiger partial charge >= 0.3 is 0 Å². The molecule has 0 unspecified atom stereocenters. The highest BCUT2D eigenvalue weighted by Crippen LogP contribution is 2.12. The Labute approximate surface area is 82.8 Å². The third-order valence-electron chi connectivity index (χ3n) is 1.84. The molecule has 1 aromatic rings. The van der Waals surface area contributed by atoms with Gasteiger partial charge in [-0.1, -0.05) is 0 Å². The molecule has 0 fully saturated rings. The molecular formula is C10H12N2O2. The van der Waals surface area contributed by atoms with E-state index in [9.17, 15) is 4.79 Å². The van der Waals surface area contributed by atoms with E-state index in [4.69, 9.17) is 4.74 Å². The zero-order valence-corrected chi connectivity index (χ0v) is 8.23. The molecule has 0 saturated carbocycles. The second kappa shape index (κ2) is 4.41. The Morgan fingerprint density at radius 2 is 2.00 bits per heavy atom. The molecule has 0 bridgehead atoms. The number of methoxy groups -OCH3 is 1. The maximum absolute atomic E-state index is 11.5. The summed E-state index contributed by atoms with van der Waals surface area (Å²) in [4.78, 5) is 11.5. The molecule has 0 N–H and O–H groups in total. The highest BCUT2D eigenvalue weighted by atomic mass is 16.5. The van der Waals surface area contributed by atoms with Gasteiger partial charge in [-0.25, -0.2) is 5.01 Å². The molecule has 0 atom stereocenters. The molecule has 0 saturated heterocycles. The van der Waals surface area contributed by atoms with Crippen LogP contribution in [0.2, 0.25) is 0 Å². The minimum atomic E-state index is -0.192. The van der Waals surface area contributed by atoms with Crippen molar-refractivity contribution in [2.45, 2.75) is 0 Å². The van der Waals surface area contributed by atoms with Crippen molar-refractivity contribution in [3.63, 3.8) is 0 Å². The van der Waals surface area contributed by atoms with Crippen LogP contribution in [0, 0.1) is 0 Å². The van der Waals surface area contributed by atoms with Crippen LogP contribution in [0.5, 0.6) is 5.75 Å². The van der Waals surface area contributed by atoms with E-state index < -0.39 is 0 Å². The lowest BCUT2D eigenvalue weighted by atomic mass is 10.2. The first-order valence-corrected chi connectivity index (χ1v) is 4.07. The van der Waals surface area contributed by atoms with Crippen LogP contribution in [0.1, 0.15) is 10.4 Å². The predicted molar refractivity (Wildman–Crippen MR) is 54.6 cm³/mol. The average Bonchev–Trinajstić information content (AvgIpc) is 2.27. The standard InChI is InChI=1S/C10H12N2O2/c1-11-12(2)10(13)8-4-6-9(14-3)7-5-8/h4-7H,1H2,2-3H3. The third kappa shape index (κ3) is 2.10. The summed E-state index contributed by atoms with van der Waals surface area (Å²) in [6.45, 7) is 3.27. The number of ether oxygens (including phenoxy) is 1. The Hall–Kier alpha value is -1.84. The van der Waals surface area contributed by atoms with E-state index in [1.165, 1.54) is 5.01 Å². The fourth-order valence-electron chi connectivity index (χ4n) is 0.985. The first kappa shape index (κ1) is 10.2. The van der Waals surface area contributed by atoms with Crippen LogP contribution >= 0.6 is 0 Å². The van der Waals surface area contributed by atoms with Gasteiger partial charge in [0.15, 0.2) is 0 Å². The molecule has 0 aliphatic rings. The van der Waals surface area contributed by atoms with Crippen LogP contribution in [0.15, 0.2) is 29.4 Å². The molecule has 1 amide bonds. The van der Waals surface area contributed by atoms with Crippen molar-refractivity contribution in [1.29, 1.82) is 0 Å². The summed E-state index contributed by atoms with van der Waals surface area (Å²) >= 11 is 0. The number of amides is 1. The minimum Gasteiger partial charge on any atom is -0.497 e. The molecule has 74 valence electrons. The predicted octanol–water partition coefficient (Wildman–Crippen LogP) is 1.38. The number of hydrazone groups is 1. The summed E-state index contributed by atoms with van der Waals surface area (Å²) in [7, 11) is 3.13. The molecule has 14 heavy (non-hydrogen) atoms. The first-order valence-electron chi connectivity index (χ1n) is 4.07. The zero-order valence-electron chi connectivity index (χ0n) is 8.23. The van der Waals surface area contributed by atoms with Gasteiger partial charge in [0.25, 0.3) is 5.91 Å². The summed E-state index contributed by atoms with van der Waals surface area (Å²) in [5.41, 5.74) is 0.556. The maximum atomic E-state index is 11.5. The molecule has 0 aromatic heterocycles. The van der Waals surface area contributed by atoms with Crippen molar-refractivity contribution >= 4 is 12.6 Å². The van der Waals surface area contributed by atoms with Gasteiger partial charge in [0.2, 0.25) is 0 Å². The first-order chi connectivity index (χ1) is 6.69. The van der Waals surface area contributed by atoms with E-state index >= 15 is 0 Å². The smallest absolute Gasteiger partial charge is 0.273 e. The Balaban J connectivity index is 2.86. The molecule has 4 heteroatoms. The zero-order chi connectivity index (χ0) is 10.6. The average molecular weight is 192 g/mol. The van der Waals surface area contributed by atoms with E-state index in [0.29, 0.717) is 5.56 Å². The highest BCUT2D eigenvalue weighted by molar-refractivity contribution is 5.94. The molecule has 0 spiro atoms. The number of carbonyl (C=O) groups is 1. The third-order valence-corrected chi connectivity index (χ3v) is 1.84. The number of hydrogen-bond donors (Lipinski definition) is 0. The van der Waals surface area contributed by atoms with Gasteiger partial charge in [-0.05, 0) is 24.3 Å². The van der Waals surface area contributed by atoms with Gasteiger partial charge < -0.3 is 4.74 Å². The van der Waals surface area contributed by atoms with Gasteiger partial charge in [0.1, 0.15) is 5.75 Å². The van der Waals surface area contributed by atoms with E-state index in [2.05, 4.69) is 11.8 Å². The number of benzene rings is 1. The number of nitrogens with zero attached hydrogens (tertiary/aromatic N) is 2. The molecule has 0 radical (unpaired) electrons. The van der Waals surface area contributed by atoms with Crippen molar-refractivity contribution in [2.24, 2.45) is 5.10 Å². The van der Waals surface area contributed by atoms with E-state index in [0.717, 1.165) is 5.75 Å². The van der Waals surface area contributed by atoms with Crippen LogP contribution in [0.4, 0.5) is 0 Å². The Kier molecular flexibility index (Phi) is 3.23. The molecule has 1 rings (SSSR count). The number of rotatable bonds is 3. The summed E-state index contributed by atoms with van der Waals surface area (Å²) in [6, 6.07) is 6.82. The second-order valence-corrected chi connectivity index (χ2v) is 2.70. The fraction of sp³-hybridized carbons (Fsp3) is 0.200. The lowest BCUT2D eigenvalue weighted by Crippen LogP contribution is -2.20. The van der Waals surface area contributed by atoms with Crippen molar-refractivity contribution < 1.29 is 9.53 Å². The minimum absolute atomic E-state index is 0.192. The SMILES string of the molecule is C=NN(C)C(=O)c1ccc(OC)cc1. The van der Waals surface area contributed by atoms with E-state index in [1.807, 2.05) is 0 Å². The number of carbonyl (C=O) groups excluding carboxylic acids is 1. The van der Waals surface area contributed by atoms with E-state index in [1.54, 1.807) is 38.4 Å². The van der Waals surface area contributed by atoms with Crippen molar-refractivity contribution in [3.8, 4) is 5.75 Å². The van der Waals surface area contributed by atoms with Gasteiger partial charge in [-0.3, -0.25) is 4.79 Å². The molecular weight excluding hydrogens is 180 g/mol. The fourth-order valence-corrected chi connectivity index (χ4v) is 0.985. The van der Waals surface area contributed by atoms with E-state index in [-0.39, 0.29) is 5.91 Å². The summed E-state index contributed by atoms with van der Waals surface area (Å²) < 4.78 is 4.98. The monoisotopic (exact) mass is 192 g/mol. The quantitative estimate of drug-likeness (QED) is 0.536. The Morgan fingerprint density at radius 1 is 1.43 bits per heavy atom. The van der Waals surface area contributed by atoms with Crippen molar-refractivity contribution in [3.05, 3.63) is 29.8 Å². The van der Waals surface area contributed by atoms with Crippen molar-refractivity contribution in [2.75, 3.05) is 14.2 Å². The second-order valence-electron chi connectivity index (χ2n) is 2.70. The molecule has 1 aromatic carbocycles. The van der Waals surface area contributed by atoms with Crippen LogP contribution < -0.4 is 4.74 Å². The molecule has 0 heterocycles. The largest absolute Gasteiger partial charge is 0.497 e. The summed E-state index contributed by atoms with van der Waals surface area (Å²) in [6.07, 6.45) is 0. The van der Waals surface area contributed by atoms with Gasteiger partial charge in [0, 0.05) is 19.3 Å². The molecule has 0 aliphatic carbocycles. The lowest BCUT2D eigenvalue weighted by Gasteiger charge is -2.09. The van der Waals surface area contributed by atoms with Crippen molar-refractivity contribution in [1.82, 2.24) is 5.01 Å². The highest BCUT2D eigenvalue weighted by Gasteiger charge is 2.09. The summed E-state index contributed by atoms with van der Waals surface area (Å²) in [5, 5.41) is 4.69. The lowest BCUT2D eigenvalue weighted by molar-refractivity contribution is 0.0801. The maximum Gasteiger partial charge on any atom is 0.273 e. The van der Waals surface area contributed by atoms with Gasteiger partial charge in [0.05, 0.1) is 7.11 Å². The topological polar surface area (TPSA) is 41.9 Å². The van der Waals surface area contributed by atoms with Gasteiger partial charge in [-0.2, -0.15) is 5.10 Å². The molecule has 4 nitrogen and oxygen atoms in total. The van der Waals surface area contributed by atoms with Crippen LogP contribution in [0.25, 0.3) is 0 Å². The normalized spacial score (nSPS) is 9.29. The Morgan fingerprint density at radius 3 is 2.43 bits per heavy atom. The van der Waals surface area contributed by atoms with Crippen LogP contribution in [-0.2, 0) is 0 Å². The van der Waals surface area contributed by atoms with Gasteiger partial charge in [-0.15, -0.1) is 0 Å². The summed E-state index contributed by atoms with van der Waals surface area (Å²) in [5.74, 6) is 0.526. The Bertz CT molecular complexity index is 332. The van der Waals surface area contributed by atoms with Crippen LogP contribution in [0.3, 0.4) is 0 Å². The molecule has 0 aliphatic heterocycles. The van der Waals surface area contributed by atoms with Crippen LogP contribution in [-0.4, -0.2) is 31.8 Å².